The van der Waals surface area contributed by atoms with E-state index in [0.29, 0.717) is 23.3 Å². The molecular formula is C13H16FNO2. The number of hydrogen-bond donors (Lipinski definition) is 2. The molecule has 2 aromatic rings. The molecule has 2 rings (SSSR count). The van der Waals surface area contributed by atoms with E-state index in [1.807, 2.05) is 0 Å². The molecule has 1 heterocycles. The van der Waals surface area contributed by atoms with Gasteiger partial charge in [-0.05, 0) is 37.2 Å². The van der Waals surface area contributed by atoms with Crippen molar-refractivity contribution in [1.82, 2.24) is 5.32 Å². The molecule has 0 spiro atoms. The van der Waals surface area contributed by atoms with Gasteiger partial charge in [-0.2, -0.15) is 0 Å². The molecule has 0 saturated heterocycles. The van der Waals surface area contributed by atoms with Crippen molar-refractivity contribution >= 4 is 11.0 Å². The molecule has 0 aliphatic rings. The molecule has 1 aromatic heterocycles. The minimum absolute atomic E-state index is 0.302. The van der Waals surface area contributed by atoms with Crippen LogP contribution in [0.15, 0.2) is 28.7 Å². The Bertz CT molecular complexity index is 495. The van der Waals surface area contributed by atoms with Crippen LogP contribution in [0, 0.1) is 5.82 Å². The molecule has 0 radical (unpaired) electrons. The molecule has 0 aliphatic carbocycles. The summed E-state index contributed by atoms with van der Waals surface area (Å²) in [6, 6.07) is 5.99. The summed E-state index contributed by atoms with van der Waals surface area (Å²) in [6.45, 7) is 3.35. The molecule has 1 aromatic carbocycles. The van der Waals surface area contributed by atoms with Crippen LogP contribution in [-0.4, -0.2) is 18.2 Å². The zero-order valence-corrected chi connectivity index (χ0v) is 9.74. The average Bonchev–Trinajstić information content (AvgIpc) is 2.72. The highest BCUT2D eigenvalue weighted by molar-refractivity contribution is 5.77. The van der Waals surface area contributed by atoms with E-state index in [9.17, 15) is 9.50 Å². The second kappa shape index (κ2) is 5.29. The van der Waals surface area contributed by atoms with E-state index in [2.05, 4.69) is 12.2 Å². The van der Waals surface area contributed by atoms with Gasteiger partial charge in [0, 0.05) is 11.9 Å². The maximum absolute atomic E-state index is 13.0. The maximum atomic E-state index is 13.0. The van der Waals surface area contributed by atoms with Gasteiger partial charge >= 0.3 is 0 Å². The number of halogens is 1. The quantitative estimate of drug-likeness (QED) is 0.786. The lowest BCUT2D eigenvalue weighted by Gasteiger charge is -2.07. The first-order valence-corrected chi connectivity index (χ1v) is 5.78. The summed E-state index contributed by atoms with van der Waals surface area (Å²) >= 11 is 0. The van der Waals surface area contributed by atoms with Crippen molar-refractivity contribution in [3.05, 3.63) is 35.8 Å². The fourth-order valence-electron chi connectivity index (χ4n) is 1.72. The van der Waals surface area contributed by atoms with Gasteiger partial charge in [0.25, 0.3) is 0 Å². The van der Waals surface area contributed by atoms with Crippen LogP contribution in [-0.2, 0) is 0 Å². The summed E-state index contributed by atoms with van der Waals surface area (Å²) in [7, 11) is 0. The van der Waals surface area contributed by atoms with E-state index in [1.54, 1.807) is 12.1 Å². The van der Waals surface area contributed by atoms with Gasteiger partial charge in [-0.25, -0.2) is 4.39 Å². The molecule has 17 heavy (non-hydrogen) atoms. The third kappa shape index (κ3) is 2.84. The van der Waals surface area contributed by atoms with Gasteiger partial charge in [-0.3, -0.25) is 0 Å². The Kier molecular flexibility index (Phi) is 3.76. The lowest BCUT2D eigenvalue weighted by Crippen LogP contribution is -2.21. The van der Waals surface area contributed by atoms with Crippen molar-refractivity contribution in [2.24, 2.45) is 0 Å². The molecular weight excluding hydrogens is 221 g/mol. The summed E-state index contributed by atoms with van der Waals surface area (Å²) in [5.41, 5.74) is 0.593. The summed E-state index contributed by atoms with van der Waals surface area (Å²) < 4.78 is 18.4. The van der Waals surface area contributed by atoms with Gasteiger partial charge in [-0.1, -0.05) is 6.92 Å². The lowest BCUT2D eigenvalue weighted by atomic mass is 10.2. The van der Waals surface area contributed by atoms with E-state index in [4.69, 9.17) is 4.42 Å². The van der Waals surface area contributed by atoms with Crippen LogP contribution >= 0.6 is 0 Å². The molecule has 1 atom stereocenters. The molecule has 0 amide bonds. The molecule has 4 heteroatoms. The standard InChI is InChI=1S/C13H16FNO2/c1-2-5-15-8-11(16)13-7-9-6-10(14)3-4-12(9)17-13/h3-4,6-7,11,15-16H,2,5,8H2,1H3. The minimum atomic E-state index is -0.697. The van der Waals surface area contributed by atoms with E-state index < -0.39 is 6.10 Å². The maximum Gasteiger partial charge on any atom is 0.135 e. The fraction of sp³-hybridized carbons (Fsp3) is 0.385. The first-order valence-electron chi connectivity index (χ1n) is 5.78. The Morgan fingerprint density at radius 1 is 1.41 bits per heavy atom. The van der Waals surface area contributed by atoms with Crippen molar-refractivity contribution < 1.29 is 13.9 Å². The molecule has 1 unspecified atom stereocenters. The number of furan rings is 1. The van der Waals surface area contributed by atoms with Gasteiger partial charge < -0.3 is 14.8 Å². The van der Waals surface area contributed by atoms with Crippen LogP contribution in [0.1, 0.15) is 25.2 Å². The minimum Gasteiger partial charge on any atom is -0.458 e. The Labute approximate surface area is 99.2 Å². The van der Waals surface area contributed by atoms with Crippen LogP contribution in [0.25, 0.3) is 11.0 Å². The summed E-state index contributed by atoms with van der Waals surface area (Å²) in [4.78, 5) is 0. The molecule has 0 bridgehead atoms. The second-order valence-electron chi connectivity index (χ2n) is 4.05. The van der Waals surface area contributed by atoms with Crippen molar-refractivity contribution in [2.75, 3.05) is 13.1 Å². The van der Waals surface area contributed by atoms with Crippen LogP contribution in [0.3, 0.4) is 0 Å². The fourth-order valence-corrected chi connectivity index (χ4v) is 1.72. The smallest absolute Gasteiger partial charge is 0.135 e. The summed E-state index contributed by atoms with van der Waals surface area (Å²) in [5.74, 6) is 0.164. The molecule has 0 aliphatic heterocycles. The number of fused-ring (bicyclic) bond motifs is 1. The van der Waals surface area contributed by atoms with E-state index >= 15 is 0 Å². The number of benzene rings is 1. The molecule has 0 fully saturated rings. The highest BCUT2D eigenvalue weighted by Gasteiger charge is 2.13. The van der Waals surface area contributed by atoms with Crippen LogP contribution in [0.4, 0.5) is 4.39 Å². The third-order valence-electron chi connectivity index (χ3n) is 2.59. The molecule has 0 saturated carbocycles. The Hall–Kier alpha value is -1.39. The third-order valence-corrected chi connectivity index (χ3v) is 2.59. The van der Waals surface area contributed by atoms with E-state index in [0.717, 1.165) is 13.0 Å². The summed E-state index contributed by atoms with van der Waals surface area (Å²) in [5, 5.41) is 13.6. The highest BCUT2D eigenvalue weighted by atomic mass is 19.1. The van der Waals surface area contributed by atoms with Crippen molar-refractivity contribution in [1.29, 1.82) is 0 Å². The first kappa shape index (κ1) is 12.1. The number of nitrogens with one attached hydrogen (secondary N) is 1. The highest BCUT2D eigenvalue weighted by Crippen LogP contribution is 2.24. The predicted octanol–water partition coefficient (Wildman–Crippen LogP) is 2.60. The monoisotopic (exact) mass is 237 g/mol. The Morgan fingerprint density at radius 2 is 2.24 bits per heavy atom. The normalized spacial score (nSPS) is 13.1. The van der Waals surface area contributed by atoms with Gasteiger partial charge in [0.1, 0.15) is 23.3 Å². The van der Waals surface area contributed by atoms with Gasteiger partial charge in [-0.15, -0.1) is 0 Å². The van der Waals surface area contributed by atoms with Crippen molar-refractivity contribution in [2.45, 2.75) is 19.4 Å². The predicted molar refractivity (Wildman–Crippen MR) is 64.3 cm³/mol. The van der Waals surface area contributed by atoms with E-state index in [-0.39, 0.29) is 5.82 Å². The van der Waals surface area contributed by atoms with Crippen LogP contribution in [0.2, 0.25) is 0 Å². The summed E-state index contributed by atoms with van der Waals surface area (Å²) in [6.07, 6.45) is 0.315. The zero-order valence-electron chi connectivity index (χ0n) is 9.74. The second-order valence-corrected chi connectivity index (χ2v) is 4.05. The average molecular weight is 237 g/mol. The molecule has 3 nitrogen and oxygen atoms in total. The van der Waals surface area contributed by atoms with E-state index in [1.165, 1.54) is 12.1 Å². The SMILES string of the molecule is CCCNCC(O)c1cc2cc(F)ccc2o1. The number of rotatable bonds is 5. The number of aliphatic hydroxyl groups is 1. The largest absolute Gasteiger partial charge is 0.458 e. The van der Waals surface area contributed by atoms with Gasteiger partial charge in [0.15, 0.2) is 0 Å². The van der Waals surface area contributed by atoms with Gasteiger partial charge in [0.05, 0.1) is 0 Å². The zero-order chi connectivity index (χ0) is 12.3. The van der Waals surface area contributed by atoms with Gasteiger partial charge in [0.2, 0.25) is 0 Å². The Balaban J connectivity index is 2.12. The topological polar surface area (TPSA) is 45.4 Å². The molecule has 2 N–H and O–H groups in total. The van der Waals surface area contributed by atoms with Crippen LogP contribution < -0.4 is 5.32 Å². The number of hydrogen-bond acceptors (Lipinski definition) is 3. The first-order chi connectivity index (χ1) is 8.20. The molecule has 92 valence electrons. The Morgan fingerprint density at radius 3 is 3.00 bits per heavy atom. The lowest BCUT2D eigenvalue weighted by molar-refractivity contribution is 0.150. The van der Waals surface area contributed by atoms with Crippen LogP contribution in [0.5, 0.6) is 0 Å². The van der Waals surface area contributed by atoms with Crippen molar-refractivity contribution in [3.8, 4) is 0 Å². The number of aliphatic hydroxyl groups excluding tert-OH is 1. The van der Waals surface area contributed by atoms with Crippen molar-refractivity contribution in [3.63, 3.8) is 0 Å².